The summed E-state index contributed by atoms with van der Waals surface area (Å²) in [4.78, 5) is 29.2. The van der Waals surface area contributed by atoms with Crippen molar-refractivity contribution in [2.45, 2.75) is 51.9 Å². The fourth-order valence-corrected chi connectivity index (χ4v) is 5.23. The van der Waals surface area contributed by atoms with Crippen molar-refractivity contribution >= 4 is 33.4 Å². The van der Waals surface area contributed by atoms with Crippen molar-refractivity contribution in [3.8, 4) is 0 Å². The van der Waals surface area contributed by atoms with Gasteiger partial charge in [-0.25, -0.2) is 8.42 Å². The summed E-state index contributed by atoms with van der Waals surface area (Å²) in [7, 11) is -3.75. The molecule has 1 unspecified atom stereocenters. The van der Waals surface area contributed by atoms with Crippen LogP contribution in [0.1, 0.15) is 37.0 Å². The molecule has 3 aromatic rings. The Labute approximate surface area is 254 Å². The van der Waals surface area contributed by atoms with E-state index in [2.05, 4.69) is 5.32 Å². The Morgan fingerprint density at radius 2 is 1.43 bits per heavy atom. The Hall–Kier alpha value is -3.24. The molecule has 0 bridgehead atoms. The minimum atomic E-state index is -3.75. The molecule has 2 amide bonds. The standard InChI is InChI=1S/C32H40ClN3O5S/c1-25(2)41-20-10-19-34-32(38)30(21-26-11-6-4-7-12-26)36(23-28-15-17-29(33)18-16-28)31(37)24-35(42(3,39)40)22-27-13-8-5-9-14-27/h4-9,11-18,25,30H,10,19-24H2,1-3H3,(H,34,38). The maximum Gasteiger partial charge on any atom is 0.243 e. The van der Waals surface area contributed by atoms with Crippen LogP contribution in [0, 0.1) is 0 Å². The van der Waals surface area contributed by atoms with Crippen LogP contribution in [0.2, 0.25) is 5.02 Å². The van der Waals surface area contributed by atoms with Gasteiger partial charge in [-0.05, 0) is 49.1 Å². The van der Waals surface area contributed by atoms with E-state index in [1.165, 1.54) is 4.90 Å². The molecule has 0 aliphatic rings. The number of rotatable bonds is 16. The molecule has 0 spiro atoms. The first-order chi connectivity index (χ1) is 20.0. The second kappa shape index (κ2) is 16.4. The predicted molar refractivity (Wildman–Crippen MR) is 166 cm³/mol. The highest BCUT2D eigenvalue weighted by atomic mass is 35.5. The summed E-state index contributed by atoms with van der Waals surface area (Å²) in [5.74, 6) is -0.801. The Morgan fingerprint density at radius 1 is 0.857 bits per heavy atom. The number of halogens is 1. The average Bonchev–Trinajstić information content (AvgIpc) is 2.95. The molecular formula is C32H40ClN3O5S. The van der Waals surface area contributed by atoms with Crippen molar-refractivity contribution in [3.63, 3.8) is 0 Å². The number of hydrogen-bond acceptors (Lipinski definition) is 5. The zero-order chi connectivity index (χ0) is 30.5. The Morgan fingerprint density at radius 3 is 2.00 bits per heavy atom. The summed E-state index contributed by atoms with van der Waals surface area (Å²) in [5, 5.41) is 3.51. The second-order valence-electron chi connectivity index (χ2n) is 10.4. The number of carbonyl (C=O) groups excluding carboxylic acids is 2. The maximum absolute atomic E-state index is 14.0. The summed E-state index contributed by atoms with van der Waals surface area (Å²) in [6.07, 6.45) is 2.05. The predicted octanol–water partition coefficient (Wildman–Crippen LogP) is 4.67. The number of hydrogen-bond donors (Lipinski definition) is 1. The van der Waals surface area contributed by atoms with E-state index < -0.39 is 28.5 Å². The first-order valence-corrected chi connectivity index (χ1v) is 16.2. The van der Waals surface area contributed by atoms with E-state index >= 15 is 0 Å². The topological polar surface area (TPSA) is 96.0 Å². The Bertz CT molecular complexity index is 1370. The monoisotopic (exact) mass is 613 g/mol. The maximum atomic E-state index is 14.0. The molecule has 0 aliphatic heterocycles. The number of carbonyl (C=O) groups is 2. The molecular weight excluding hydrogens is 574 g/mol. The van der Waals surface area contributed by atoms with Gasteiger partial charge in [0.1, 0.15) is 6.04 Å². The lowest BCUT2D eigenvalue weighted by Crippen LogP contribution is -2.53. The lowest BCUT2D eigenvalue weighted by atomic mass is 10.0. The number of nitrogens with one attached hydrogen (secondary N) is 1. The van der Waals surface area contributed by atoms with Crippen molar-refractivity contribution < 1.29 is 22.7 Å². The van der Waals surface area contributed by atoms with E-state index in [4.69, 9.17) is 16.3 Å². The summed E-state index contributed by atoms with van der Waals surface area (Å²) in [6, 6.07) is 24.7. The van der Waals surface area contributed by atoms with Crippen molar-refractivity contribution in [3.05, 3.63) is 107 Å². The Balaban J connectivity index is 1.92. The zero-order valence-electron chi connectivity index (χ0n) is 24.4. The molecule has 1 N–H and O–H groups in total. The van der Waals surface area contributed by atoms with Crippen molar-refractivity contribution in [1.82, 2.24) is 14.5 Å². The normalized spacial score (nSPS) is 12.3. The highest BCUT2D eigenvalue weighted by Gasteiger charge is 2.32. The number of amides is 2. The third-order valence-electron chi connectivity index (χ3n) is 6.59. The highest BCUT2D eigenvalue weighted by Crippen LogP contribution is 2.18. The zero-order valence-corrected chi connectivity index (χ0v) is 26.0. The van der Waals surface area contributed by atoms with Gasteiger partial charge in [0.25, 0.3) is 0 Å². The van der Waals surface area contributed by atoms with Crippen LogP contribution in [-0.4, -0.2) is 67.5 Å². The second-order valence-corrected chi connectivity index (χ2v) is 12.9. The molecule has 226 valence electrons. The molecule has 0 saturated carbocycles. The molecule has 0 aliphatic carbocycles. The van der Waals surface area contributed by atoms with Gasteiger partial charge in [0.2, 0.25) is 21.8 Å². The van der Waals surface area contributed by atoms with Crippen LogP contribution in [-0.2, 0) is 43.9 Å². The summed E-state index contributed by atoms with van der Waals surface area (Å²) in [5.41, 5.74) is 2.39. The van der Waals surface area contributed by atoms with E-state index in [-0.39, 0.29) is 31.5 Å². The molecule has 1 atom stereocenters. The third-order valence-corrected chi connectivity index (χ3v) is 8.04. The number of ether oxygens (including phenoxy) is 1. The van der Waals surface area contributed by atoms with Crippen molar-refractivity contribution in [2.24, 2.45) is 0 Å². The molecule has 0 saturated heterocycles. The van der Waals surface area contributed by atoms with E-state index in [9.17, 15) is 18.0 Å². The van der Waals surface area contributed by atoms with Crippen LogP contribution in [0.5, 0.6) is 0 Å². The third kappa shape index (κ3) is 11.2. The molecule has 0 heterocycles. The molecule has 0 fully saturated rings. The fraction of sp³-hybridized carbons (Fsp3) is 0.375. The molecule has 10 heteroatoms. The molecule has 3 aromatic carbocycles. The Kier molecular flexibility index (Phi) is 13.0. The van der Waals surface area contributed by atoms with E-state index in [1.807, 2.05) is 74.5 Å². The quantitative estimate of drug-likeness (QED) is 0.237. The van der Waals surface area contributed by atoms with Crippen LogP contribution in [0.3, 0.4) is 0 Å². The number of sulfonamides is 1. The number of nitrogens with zero attached hydrogens (tertiary/aromatic N) is 2. The van der Waals surface area contributed by atoms with Gasteiger partial charge < -0.3 is 15.0 Å². The van der Waals surface area contributed by atoms with Gasteiger partial charge in [-0.3, -0.25) is 9.59 Å². The van der Waals surface area contributed by atoms with Crippen LogP contribution >= 0.6 is 11.6 Å². The molecule has 0 aromatic heterocycles. The minimum absolute atomic E-state index is 0.0333. The van der Waals surface area contributed by atoms with Gasteiger partial charge >= 0.3 is 0 Å². The van der Waals surface area contributed by atoms with Gasteiger partial charge in [-0.15, -0.1) is 0 Å². The van der Waals surface area contributed by atoms with Gasteiger partial charge in [-0.2, -0.15) is 4.31 Å². The summed E-state index contributed by atoms with van der Waals surface area (Å²) < 4.78 is 32.3. The summed E-state index contributed by atoms with van der Waals surface area (Å²) in [6.45, 7) is 4.49. The van der Waals surface area contributed by atoms with E-state index in [0.717, 1.165) is 27.3 Å². The SMILES string of the molecule is CC(C)OCCCNC(=O)C(Cc1ccccc1)N(Cc1ccc(Cl)cc1)C(=O)CN(Cc1ccccc1)S(C)(=O)=O. The van der Waals surface area contributed by atoms with Gasteiger partial charge in [0.05, 0.1) is 18.9 Å². The summed E-state index contributed by atoms with van der Waals surface area (Å²) >= 11 is 6.10. The van der Waals surface area contributed by atoms with E-state index in [1.54, 1.807) is 24.3 Å². The van der Waals surface area contributed by atoms with Gasteiger partial charge in [0, 0.05) is 37.7 Å². The van der Waals surface area contributed by atoms with Gasteiger partial charge in [0.15, 0.2) is 0 Å². The average molecular weight is 614 g/mol. The van der Waals surface area contributed by atoms with Crippen molar-refractivity contribution in [1.29, 1.82) is 0 Å². The van der Waals surface area contributed by atoms with E-state index in [0.29, 0.717) is 24.6 Å². The molecule has 3 rings (SSSR count). The highest BCUT2D eigenvalue weighted by molar-refractivity contribution is 7.88. The molecule has 42 heavy (non-hydrogen) atoms. The first kappa shape index (κ1) is 33.3. The molecule has 0 radical (unpaired) electrons. The fourth-order valence-electron chi connectivity index (χ4n) is 4.38. The van der Waals surface area contributed by atoms with Crippen LogP contribution < -0.4 is 5.32 Å². The lowest BCUT2D eigenvalue weighted by Gasteiger charge is -2.33. The molecule has 8 nitrogen and oxygen atoms in total. The minimum Gasteiger partial charge on any atom is -0.379 e. The van der Waals surface area contributed by atoms with Crippen LogP contribution in [0.15, 0.2) is 84.9 Å². The number of benzene rings is 3. The van der Waals surface area contributed by atoms with Crippen molar-refractivity contribution in [2.75, 3.05) is 26.0 Å². The largest absolute Gasteiger partial charge is 0.379 e. The van der Waals surface area contributed by atoms with Gasteiger partial charge in [-0.1, -0.05) is 84.4 Å². The smallest absolute Gasteiger partial charge is 0.243 e. The van der Waals surface area contributed by atoms with Crippen LogP contribution in [0.25, 0.3) is 0 Å². The van der Waals surface area contributed by atoms with Crippen LogP contribution in [0.4, 0.5) is 0 Å². The lowest BCUT2D eigenvalue weighted by molar-refractivity contribution is -0.141. The first-order valence-electron chi connectivity index (χ1n) is 14.0.